The predicted molar refractivity (Wildman–Crippen MR) is 81.2 cm³/mol. The Hall–Kier alpha value is -1.47. The fourth-order valence-electron chi connectivity index (χ4n) is 1.35. The number of carbonyl (C=O) groups excluding carboxylic acids is 1. The Morgan fingerprint density at radius 1 is 1.24 bits per heavy atom. The molecule has 2 rings (SSSR count). The van der Waals surface area contributed by atoms with E-state index in [4.69, 9.17) is 52.1 Å². The summed E-state index contributed by atoms with van der Waals surface area (Å²) < 4.78 is 0. The number of oxime groups is 1. The summed E-state index contributed by atoms with van der Waals surface area (Å²) in [5.74, 6) is -1.30. The van der Waals surface area contributed by atoms with E-state index >= 15 is 0 Å². The highest BCUT2D eigenvalue weighted by Crippen LogP contribution is 2.24. The van der Waals surface area contributed by atoms with Crippen molar-refractivity contribution in [1.82, 2.24) is 9.97 Å². The van der Waals surface area contributed by atoms with E-state index in [1.807, 2.05) is 0 Å². The lowest BCUT2D eigenvalue weighted by Gasteiger charge is -2.04. The van der Waals surface area contributed by atoms with Crippen LogP contribution in [0.1, 0.15) is 16.2 Å². The molecule has 2 aromatic rings. The van der Waals surface area contributed by atoms with E-state index in [0.29, 0.717) is 0 Å². The minimum absolute atomic E-state index is 0.00900. The highest BCUT2D eigenvalue weighted by Gasteiger charge is 2.16. The van der Waals surface area contributed by atoms with Gasteiger partial charge in [0.1, 0.15) is 5.15 Å². The molecule has 1 aromatic heterocycles. The average molecular weight is 368 g/mol. The summed E-state index contributed by atoms with van der Waals surface area (Å²) in [6.07, 6.45) is 0. The van der Waals surface area contributed by atoms with Gasteiger partial charge in [0.2, 0.25) is 5.82 Å². The molecule has 0 amide bonds. The molecule has 0 aliphatic rings. The van der Waals surface area contributed by atoms with Gasteiger partial charge in [-0.2, -0.15) is 0 Å². The Morgan fingerprint density at radius 2 is 1.86 bits per heavy atom. The SMILES string of the molecule is NC(=NOC(=O)c1nc(Cl)c(Cl)[nH]1)c1c(Cl)cccc1Cl. The lowest BCUT2D eigenvalue weighted by Crippen LogP contribution is -2.16. The van der Waals surface area contributed by atoms with Crippen LogP contribution in [-0.4, -0.2) is 21.8 Å². The third-order valence-electron chi connectivity index (χ3n) is 2.26. The van der Waals surface area contributed by atoms with Gasteiger partial charge in [0.25, 0.3) is 0 Å². The number of halogens is 4. The topological polar surface area (TPSA) is 93.4 Å². The van der Waals surface area contributed by atoms with Crippen LogP contribution in [0.3, 0.4) is 0 Å². The van der Waals surface area contributed by atoms with Crippen molar-refractivity contribution in [3.05, 3.63) is 49.9 Å². The molecule has 0 radical (unpaired) electrons. The zero-order valence-electron chi connectivity index (χ0n) is 10.0. The summed E-state index contributed by atoms with van der Waals surface area (Å²) >= 11 is 23.1. The maximum absolute atomic E-state index is 11.7. The second-order valence-corrected chi connectivity index (χ2v) is 5.19. The first-order valence-corrected chi connectivity index (χ1v) is 6.81. The van der Waals surface area contributed by atoms with Crippen LogP contribution >= 0.6 is 46.4 Å². The van der Waals surface area contributed by atoms with Crippen molar-refractivity contribution in [2.45, 2.75) is 0 Å². The smallest absolute Gasteiger partial charge is 0.380 e. The molecule has 3 N–H and O–H groups in total. The molecule has 0 bridgehead atoms. The first-order valence-electron chi connectivity index (χ1n) is 5.30. The lowest BCUT2D eigenvalue weighted by atomic mass is 10.2. The zero-order valence-corrected chi connectivity index (χ0v) is 13.1. The minimum Gasteiger partial charge on any atom is -0.380 e. The van der Waals surface area contributed by atoms with Gasteiger partial charge in [-0.15, -0.1) is 0 Å². The molecule has 0 saturated heterocycles. The van der Waals surface area contributed by atoms with E-state index in [0.717, 1.165) is 0 Å². The lowest BCUT2D eigenvalue weighted by molar-refractivity contribution is 0.0503. The normalized spacial score (nSPS) is 11.5. The van der Waals surface area contributed by atoms with Crippen LogP contribution in [0.4, 0.5) is 0 Å². The average Bonchev–Trinajstić information content (AvgIpc) is 2.76. The second kappa shape index (κ2) is 6.53. The summed E-state index contributed by atoms with van der Waals surface area (Å²) in [7, 11) is 0. The Kier molecular flexibility index (Phi) is 4.95. The molecular weight excluding hydrogens is 362 g/mol. The van der Waals surface area contributed by atoms with E-state index in [1.165, 1.54) is 0 Å². The number of aromatic amines is 1. The van der Waals surface area contributed by atoms with Crippen molar-refractivity contribution >= 4 is 58.2 Å². The van der Waals surface area contributed by atoms with Crippen molar-refractivity contribution < 1.29 is 9.63 Å². The molecule has 0 aliphatic carbocycles. The number of nitrogens with one attached hydrogen (secondary N) is 1. The number of imidazole rings is 1. The highest BCUT2D eigenvalue weighted by molar-refractivity contribution is 6.41. The molecule has 0 aliphatic heterocycles. The van der Waals surface area contributed by atoms with Gasteiger partial charge in [-0.3, -0.25) is 0 Å². The first-order chi connectivity index (χ1) is 9.90. The number of carbonyl (C=O) groups is 1. The molecule has 1 aromatic carbocycles. The molecule has 10 heteroatoms. The maximum Gasteiger partial charge on any atom is 0.400 e. The quantitative estimate of drug-likeness (QED) is 0.375. The molecule has 0 spiro atoms. The first kappa shape index (κ1) is 15.9. The second-order valence-electron chi connectivity index (χ2n) is 3.64. The monoisotopic (exact) mass is 366 g/mol. The molecule has 0 atom stereocenters. The number of hydrogen-bond donors (Lipinski definition) is 2. The Bertz CT molecular complexity index is 689. The molecule has 21 heavy (non-hydrogen) atoms. The van der Waals surface area contributed by atoms with E-state index in [2.05, 4.69) is 20.0 Å². The maximum atomic E-state index is 11.7. The summed E-state index contributed by atoms with van der Waals surface area (Å²) in [6, 6.07) is 4.78. The molecule has 1 heterocycles. The van der Waals surface area contributed by atoms with E-state index in [1.54, 1.807) is 18.2 Å². The summed E-state index contributed by atoms with van der Waals surface area (Å²) in [5.41, 5.74) is 5.93. The number of H-pyrrole nitrogens is 1. The van der Waals surface area contributed by atoms with Crippen molar-refractivity contribution in [2.24, 2.45) is 10.9 Å². The van der Waals surface area contributed by atoms with Gasteiger partial charge >= 0.3 is 5.97 Å². The molecule has 0 fully saturated rings. The van der Waals surface area contributed by atoms with Crippen LogP contribution in [-0.2, 0) is 4.84 Å². The van der Waals surface area contributed by atoms with E-state index in [-0.39, 0.29) is 37.6 Å². The van der Waals surface area contributed by atoms with Gasteiger partial charge in [-0.1, -0.05) is 57.6 Å². The fourth-order valence-corrected chi connectivity index (χ4v) is 2.20. The minimum atomic E-state index is -0.921. The summed E-state index contributed by atoms with van der Waals surface area (Å²) in [5, 5.41) is 3.94. The number of nitrogens with zero attached hydrogens (tertiary/aromatic N) is 2. The Morgan fingerprint density at radius 3 is 2.38 bits per heavy atom. The molecule has 110 valence electrons. The molecule has 0 saturated carbocycles. The van der Waals surface area contributed by atoms with Gasteiger partial charge in [-0.25, -0.2) is 9.78 Å². The highest BCUT2D eigenvalue weighted by atomic mass is 35.5. The third kappa shape index (κ3) is 3.59. The van der Waals surface area contributed by atoms with Gasteiger partial charge in [-0.05, 0) is 12.1 Å². The number of hydrogen-bond acceptors (Lipinski definition) is 4. The van der Waals surface area contributed by atoms with E-state index in [9.17, 15) is 4.79 Å². The van der Waals surface area contributed by atoms with Gasteiger partial charge in [0.05, 0.1) is 15.6 Å². The molecule has 6 nitrogen and oxygen atoms in total. The van der Waals surface area contributed by atoms with Crippen LogP contribution in [0, 0.1) is 0 Å². The summed E-state index contributed by atoms with van der Waals surface area (Å²) in [6.45, 7) is 0. The van der Waals surface area contributed by atoms with E-state index < -0.39 is 5.97 Å². The third-order valence-corrected chi connectivity index (χ3v) is 3.53. The molecular formula is C11H6Cl4N4O2. The van der Waals surface area contributed by atoms with Crippen molar-refractivity contribution in [1.29, 1.82) is 0 Å². The van der Waals surface area contributed by atoms with Gasteiger partial charge in [0.15, 0.2) is 11.0 Å². The number of amidine groups is 1. The van der Waals surface area contributed by atoms with Crippen molar-refractivity contribution in [2.75, 3.05) is 0 Å². The van der Waals surface area contributed by atoms with Crippen LogP contribution in [0.5, 0.6) is 0 Å². The fraction of sp³-hybridized carbons (Fsp3) is 0. The number of nitrogens with two attached hydrogens (primary N) is 1. The zero-order chi connectivity index (χ0) is 15.6. The van der Waals surface area contributed by atoms with Crippen LogP contribution < -0.4 is 5.73 Å². The van der Waals surface area contributed by atoms with Crippen molar-refractivity contribution in [3.63, 3.8) is 0 Å². The van der Waals surface area contributed by atoms with Gasteiger partial charge in [0, 0.05) is 0 Å². The van der Waals surface area contributed by atoms with Crippen molar-refractivity contribution in [3.8, 4) is 0 Å². The Labute approximate surface area is 138 Å². The number of aromatic nitrogens is 2. The molecule has 0 unspecified atom stereocenters. The van der Waals surface area contributed by atoms with Crippen LogP contribution in [0.25, 0.3) is 0 Å². The number of rotatable bonds is 3. The number of benzene rings is 1. The van der Waals surface area contributed by atoms with Crippen LogP contribution in [0.2, 0.25) is 20.4 Å². The largest absolute Gasteiger partial charge is 0.400 e. The predicted octanol–water partition coefficient (Wildman–Crippen LogP) is 3.50. The standard InChI is InChI=1S/C11H6Cl4N4O2/c12-4-2-1-3-5(13)6(4)9(16)19-21-11(20)10-17-7(14)8(15)18-10/h1-3H,(H2,16,19)(H,17,18). The van der Waals surface area contributed by atoms with Gasteiger partial charge < -0.3 is 15.6 Å². The van der Waals surface area contributed by atoms with Crippen LogP contribution in [0.15, 0.2) is 23.4 Å². The Balaban J connectivity index is 2.19. The summed E-state index contributed by atoms with van der Waals surface area (Å²) in [4.78, 5) is 22.3.